The highest BCUT2D eigenvalue weighted by molar-refractivity contribution is 5.97. The van der Waals surface area contributed by atoms with E-state index in [0.29, 0.717) is 12.3 Å². The predicted molar refractivity (Wildman–Crippen MR) is 90.0 cm³/mol. The normalized spacial score (nSPS) is 15.2. The molecule has 24 heavy (non-hydrogen) atoms. The monoisotopic (exact) mass is 318 g/mol. The van der Waals surface area contributed by atoms with Gasteiger partial charge in [-0.25, -0.2) is 0 Å². The van der Waals surface area contributed by atoms with Crippen LogP contribution < -0.4 is 0 Å². The van der Waals surface area contributed by atoms with Gasteiger partial charge in [0, 0.05) is 18.9 Å². The first-order chi connectivity index (χ1) is 11.7. The van der Waals surface area contributed by atoms with Crippen molar-refractivity contribution in [3.05, 3.63) is 83.0 Å². The van der Waals surface area contributed by atoms with Crippen molar-refractivity contribution >= 4 is 5.78 Å². The Kier molecular flexibility index (Phi) is 3.53. The molecule has 0 N–H and O–H groups in total. The minimum atomic E-state index is -0.126. The molecule has 0 atom stereocenters. The maximum Gasteiger partial charge on any atom is 0.223 e. The van der Waals surface area contributed by atoms with Gasteiger partial charge in [0.15, 0.2) is 11.6 Å². The van der Waals surface area contributed by atoms with E-state index in [4.69, 9.17) is 4.52 Å². The minimum absolute atomic E-state index is 0.126. The zero-order chi connectivity index (χ0) is 16.6. The van der Waals surface area contributed by atoms with Crippen molar-refractivity contribution in [2.75, 3.05) is 0 Å². The van der Waals surface area contributed by atoms with E-state index in [9.17, 15) is 4.79 Å². The Morgan fingerprint density at radius 2 is 1.79 bits per heavy atom. The van der Waals surface area contributed by atoms with E-state index in [1.54, 1.807) is 6.92 Å². The number of aryl methyl sites for hydroxylation is 1. The fourth-order valence-corrected chi connectivity index (χ4v) is 3.12. The van der Waals surface area contributed by atoms with Crippen LogP contribution in [0.1, 0.15) is 46.0 Å². The summed E-state index contributed by atoms with van der Waals surface area (Å²) in [4.78, 5) is 16.8. The highest BCUT2D eigenvalue weighted by atomic mass is 16.5. The SMILES string of the molecule is Cc1nc(C2(c3ccc(C(=O)Cc4ccccc4)cc3)CC2)no1. The second kappa shape index (κ2) is 5.71. The van der Waals surface area contributed by atoms with Gasteiger partial charge in [0.05, 0.1) is 5.41 Å². The molecule has 0 amide bonds. The van der Waals surface area contributed by atoms with Crippen molar-refractivity contribution < 1.29 is 9.32 Å². The fraction of sp³-hybridized carbons (Fsp3) is 0.250. The molecule has 120 valence electrons. The molecule has 0 spiro atoms. The van der Waals surface area contributed by atoms with Gasteiger partial charge >= 0.3 is 0 Å². The molecule has 3 aromatic rings. The Balaban J connectivity index is 1.54. The van der Waals surface area contributed by atoms with Crippen molar-refractivity contribution in [1.82, 2.24) is 10.1 Å². The van der Waals surface area contributed by atoms with Gasteiger partial charge in [-0.1, -0.05) is 59.8 Å². The second-order valence-corrected chi connectivity index (χ2v) is 6.38. The lowest BCUT2D eigenvalue weighted by Gasteiger charge is -2.11. The van der Waals surface area contributed by atoms with Crippen molar-refractivity contribution in [3.8, 4) is 0 Å². The van der Waals surface area contributed by atoms with Gasteiger partial charge in [-0.15, -0.1) is 0 Å². The van der Waals surface area contributed by atoms with Crippen LogP contribution in [0.4, 0.5) is 0 Å². The number of nitrogens with zero attached hydrogens (tertiary/aromatic N) is 2. The van der Waals surface area contributed by atoms with Crippen molar-refractivity contribution in [3.63, 3.8) is 0 Å². The van der Waals surface area contributed by atoms with E-state index in [1.165, 1.54) is 0 Å². The first-order valence-electron chi connectivity index (χ1n) is 8.16. The molecule has 1 aliphatic rings. The van der Waals surface area contributed by atoms with Gasteiger partial charge < -0.3 is 4.52 Å². The van der Waals surface area contributed by atoms with Gasteiger partial charge in [0.1, 0.15) is 0 Å². The Morgan fingerprint density at radius 1 is 1.08 bits per heavy atom. The third-order valence-corrected chi connectivity index (χ3v) is 4.67. The van der Waals surface area contributed by atoms with E-state index >= 15 is 0 Å². The second-order valence-electron chi connectivity index (χ2n) is 6.38. The number of rotatable bonds is 5. The third-order valence-electron chi connectivity index (χ3n) is 4.67. The molecule has 1 aromatic heterocycles. The number of hydrogen-bond donors (Lipinski definition) is 0. The van der Waals surface area contributed by atoms with E-state index in [-0.39, 0.29) is 11.2 Å². The lowest BCUT2D eigenvalue weighted by Crippen LogP contribution is -2.11. The van der Waals surface area contributed by atoms with Crippen LogP contribution in [-0.4, -0.2) is 15.9 Å². The predicted octanol–water partition coefficient (Wildman–Crippen LogP) is 3.88. The quantitative estimate of drug-likeness (QED) is 0.670. The summed E-state index contributed by atoms with van der Waals surface area (Å²) in [5.74, 6) is 1.47. The molecule has 1 saturated carbocycles. The molecule has 4 nitrogen and oxygen atoms in total. The van der Waals surface area contributed by atoms with Crippen LogP contribution in [0, 0.1) is 6.92 Å². The summed E-state index contributed by atoms with van der Waals surface area (Å²) >= 11 is 0. The lowest BCUT2D eigenvalue weighted by atomic mass is 9.93. The van der Waals surface area contributed by atoms with Crippen LogP contribution >= 0.6 is 0 Å². The smallest absolute Gasteiger partial charge is 0.223 e. The standard InChI is InChI=1S/C20H18N2O2/c1-14-21-19(22-24-14)20(11-12-20)17-9-7-16(8-10-17)18(23)13-15-5-3-2-4-6-15/h2-10H,11-13H2,1H3. The van der Waals surface area contributed by atoms with E-state index in [1.807, 2.05) is 54.6 Å². The van der Waals surface area contributed by atoms with Crippen LogP contribution in [-0.2, 0) is 11.8 Å². The lowest BCUT2D eigenvalue weighted by molar-refractivity contribution is 0.0993. The number of hydrogen-bond acceptors (Lipinski definition) is 4. The largest absolute Gasteiger partial charge is 0.340 e. The molecule has 4 rings (SSSR count). The molecule has 4 heteroatoms. The summed E-state index contributed by atoms with van der Waals surface area (Å²) in [5, 5.41) is 4.09. The summed E-state index contributed by atoms with van der Waals surface area (Å²) < 4.78 is 5.13. The molecule has 0 aliphatic heterocycles. The first kappa shape index (κ1) is 14.8. The van der Waals surface area contributed by atoms with Gasteiger partial charge in [-0.05, 0) is 24.0 Å². The maximum absolute atomic E-state index is 12.4. The highest BCUT2D eigenvalue weighted by Gasteiger charge is 2.49. The Hall–Kier alpha value is -2.75. The molecular weight excluding hydrogens is 300 g/mol. The van der Waals surface area contributed by atoms with E-state index in [2.05, 4.69) is 10.1 Å². The third kappa shape index (κ3) is 2.64. The van der Waals surface area contributed by atoms with Crippen molar-refractivity contribution in [1.29, 1.82) is 0 Å². The van der Waals surface area contributed by atoms with Gasteiger partial charge in [-0.3, -0.25) is 4.79 Å². The molecule has 0 saturated heterocycles. The summed E-state index contributed by atoms with van der Waals surface area (Å²) in [6, 6.07) is 17.7. The van der Waals surface area contributed by atoms with Gasteiger partial charge in [0.2, 0.25) is 5.89 Å². The van der Waals surface area contributed by atoms with E-state index < -0.39 is 0 Å². The number of benzene rings is 2. The summed E-state index contributed by atoms with van der Waals surface area (Å²) in [6.45, 7) is 1.80. The first-order valence-corrected chi connectivity index (χ1v) is 8.16. The average molecular weight is 318 g/mol. The molecule has 0 unspecified atom stereocenters. The van der Waals surface area contributed by atoms with Crippen molar-refractivity contribution in [2.45, 2.75) is 31.6 Å². The van der Waals surface area contributed by atoms with Gasteiger partial charge in [-0.2, -0.15) is 4.98 Å². The minimum Gasteiger partial charge on any atom is -0.340 e. The van der Waals surface area contributed by atoms with Crippen molar-refractivity contribution in [2.24, 2.45) is 0 Å². The highest BCUT2D eigenvalue weighted by Crippen LogP contribution is 2.52. The Morgan fingerprint density at radius 3 is 2.38 bits per heavy atom. The topological polar surface area (TPSA) is 56.0 Å². The number of carbonyl (C=O) groups excluding carboxylic acids is 1. The summed E-state index contributed by atoms with van der Waals surface area (Å²) in [5.41, 5.74) is 2.80. The molecule has 1 aliphatic carbocycles. The molecule has 1 fully saturated rings. The molecule has 2 aromatic carbocycles. The zero-order valence-electron chi connectivity index (χ0n) is 13.5. The molecule has 1 heterocycles. The van der Waals surface area contributed by atoms with E-state index in [0.717, 1.165) is 35.4 Å². The number of Topliss-reactive ketones (excluding diaryl/α,β-unsaturated/α-hetero) is 1. The molecule has 0 bridgehead atoms. The zero-order valence-corrected chi connectivity index (χ0v) is 13.5. The number of aromatic nitrogens is 2. The fourth-order valence-electron chi connectivity index (χ4n) is 3.12. The number of ketones is 1. The van der Waals surface area contributed by atoms with Crippen LogP contribution in [0.15, 0.2) is 59.1 Å². The Bertz CT molecular complexity index is 862. The van der Waals surface area contributed by atoms with Crippen LogP contribution in [0.25, 0.3) is 0 Å². The van der Waals surface area contributed by atoms with Crippen LogP contribution in [0.5, 0.6) is 0 Å². The molecule has 0 radical (unpaired) electrons. The Labute approximate surface area is 140 Å². The van der Waals surface area contributed by atoms with Crippen LogP contribution in [0.3, 0.4) is 0 Å². The summed E-state index contributed by atoms with van der Waals surface area (Å²) in [6.07, 6.45) is 2.46. The van der Waals surface area contributed by atoms with Crippen LogP contribution in [0.2, 0.25) is 0 Å². The maximum atomic E-state index is 12.4. The van der Waals surface area contributed by atoms with Gasteiger partial charge in [0.25, 0.3) is 0 Å². The number of carbonyl (C=O) groups is 1. The average Bonchev–Trinajstić information content (AvgIpc) is 3.31. The summed E-state index contributed by atoms with van der Waals surface area (Å²) in [7, 11) is 0. The molecular formula is C20H18N2O2.